The molecule has 19 heavy (non-hydrogen) atoms. The van der Waals surface area contributed by atoms with Crippen molar-refractivity contribution < 1.29 is 0 Å². The first-order valence-electron chi connectivity index (χ1n) is 7.57. The highest BCUT2D eigenvalue weighted by atomic mass is 15.2. The topological polar surface area (TPSA) is 29.3 Å². The largest absolute Gasteiger partial charge is 0.324 e. The highest BCUT2D eigenvalue weighted by Crippen LogP contribution is 2.41. The molecule has 0 heterocycles. The zero-order valence-corrected chi connectivity index (χ0v) is 12.8. The van der Waals surface area contributed by atoms with Crippen molar-refractivity contribution in [3.05, 3.63) is 35.4 Å². The molecule has 0 amide bonds. The lowest BCUT2D eigenvalue weighted by molar-refractivity contribution is 0.152. The highest BCUT2D eigenvalue weighted by molar-refractivity contribution is 5.37. The van der Waals surface area contributed by atoms with E-state index in [-0.39, 0.29) is 6.04 Å². The molecule has 2 N–H and O–H groups in total. The van der Waals surface area contributed by atoms with Gasteiger partial charge in [0.15, 0.2) is 0 Å². The zero-order chi connectivity index (χ0) is 14.0. The van der Waals surface area contributed by atoms with Gasteiger partial charge >= 0.3 is 0 Å². The van der Waals surface area contributed by atoms with Gasteiger partial charge in [-0.25, -0.2) is 0 Å². The lowest BCUT2D eigenvalue weighted by Crippen LogP contribution is -2.34. The molecule has 0 radical (unpaired) electrons. The molecule has 106 valence electrons. The van der Waals surface area contributed by atoms with Gasteiger partial charge < -0.3 is 5.73 Å². The van der Waals surface area contributed by atoms with E-state index in [0.717, 1.165) is 19.5 Å². The van der Waals surface area contributed by atoms with Gasteiger partial charge in [-0.1, -0.05) is 52.0 Å². The smallest absolute Gasteiger partial charge is 0.0369 e. The van der Waals surface area contributed by atoms with Crippen LogP contribution in [-0.4, -0.2) is 18.0 Å². The number of nitrogens with zero attached hydrogens (tertiary/aromatic N) is 1. The molecule has 0 bridgehead atoms. The first-order chi connectivity index (χ1) is 8.99. The second-order valence-corrected chi connectivity index (χ2v) is 6.73. The zero-order valence-electron chi connectivity index (χ0n) is 12.8. The number of nitrogens with two attached hydrogens (primary N) is 1. The summed E-state index contributed by atoms with van der Waals surface area (Å²) in [6.07, 6.45) is 1.07. The Morgan fingerprint density at radius 2 is 1.58 bits per heavy atom. The molecular weight excluding hydrogens is 232 g/mol. The van der Waals surface area contributed by atoms with Gasteiger partial charge in [0, 0.05) is 25.2 Å². The lowest BCUT2D eigenvalue weighted by atomic mass is 10.0. The van der Waals surface area contributed by atoms with Crippen LogP contribution >= 0.6 is 0 Å². The predicted octanol–water partition coefficient (Wildman–Crippen LogP) is 3.75. The third kappa shape index (κ3) is 3.37. The molecule has 0 saturated carbocycles. The normalized spacial score (nSPS) is 22.5. The van der Waals surface area contributed by atoms with Crippen molar-refractivity contribution in [2.75, 3.05) is 13.1 Å². The maximum Gasteiger partial charge on any atom is 0.0369 e. The molecule has 2 atom stereocenters. The van der Waals surface area contributed by atoms with Gasteiger partial charge in [-0.05, 0) is 29.4 Å². The third-order valence-corrected chi connectivity index (χ3v) is 3.87. The molecule has 1 aromatic rings. The van der Waals surface area contributed by atoms with E-state index in [1.807, 2.05) is 0 Å². The van der Waals surface area contributed by atoms with Crippen LogP contribution < -0.4 is 5.73 Å². The van der Waals surface area contributed by atoms with Gasteiger partial charge in [0.05, 0.1) is 0 Å². The van der Waals surface area contributed by atoms with Gasteiger partial charge in [0.25, 0.3) is 0 Å². The summed E-state index contributed by atoms with van der Waals surface area (Å²) < 4.78 is 0. The maximum absolute atomic E-state index is 6.31. The summed E-state index contributed by atoms with van der Waals surface area (Å²) in [5.74, 6) is 1.39. The Labute approximate surface area is 118 Å². The van der Waals surface area contributed by atoms with E-state index in [4.69, 9.17) is 5.73 Å². The predicted molar refractivity (Wildman–Crippen MR) is 82.0 cm³/mol. The van der Waals surface area contributed by atoms with Crippen molar-refractivity contribution in [2.45, 2.75) is 46.2 Å². The standard InChI is InChI=1S/C17H28N2/c1-12(2)10-19(11-13(3)4)17-9-16(18)14-7-5-6-8-15(14)17/h5-8,12-13,16-17H,9-11,18H2,1-4H3. The molecule has 2 unspecified atom stereocenters. The maximum atomic E-state index is 6.31. The molecule has 1 aliphatic rings. The first kappa shape index (κ1) is 14.5. The van der Waals surface area contributed by atoms with Crippen LogP contribution in [0, 0.1) is 11.8 Å². The molecule has 2 rings (SSSR count). The first-order valence-corrected chi connectivity index (χ1v) is 7.57. The van der Waals surface area contributed by atoms with Crippen LogP contribution in [0.3, 0.4) is 0 Å². The van der Waals surface area contributed by atoms with E-state index < -0.39 is 0 Å². The summed E-state index contributed by atoms with van der Waals surface area (Å²) in [5.41, 5.74) is 9.12. The lowest BCUT2D eigenvalue weighted by Gasteiger charge is -2.32. The average molecular weight is 260 g/mol. The van der Waals surface area contributed by atoms with Crippen LogP contribution in [0.1, 0.15) is 57.3 Å². The van der Waals surface area contributed by atoms with Crippen molar-refractivity contribution in [1.82, 2.24) is 4.90 Å². The average Bonchev–Trinajstić information content (AvgIpc) is 2.66. The number of benzene rings is 1. The van der Waals surface area contributed by atoms with Gasteiger partial charge in [0.1, 0.15) is 0 Å². The Morgan fingerprint density at radius 1 is 1.05 bits per heavy atom. The third-order valence-electron chi connectivity index (χ3n) is 3.87. The van der Waals surface area contributed by atoms with Crippen molar-refractivity contribution in [3.8, 4) is 0 Å². The summed E-state index contributed by atoms with van der Waals surface area (Å²) in [7, 11) is 0. The number of hydrogen-bond donors (Lipinski definition) is 1. The second-order valence-electron chi connectivity index (χ2n) is 6.73. The van der Waals surface area contributed by atoms with Crippen LogP contribution in [-0.2, 0) is 0 Å². The molecule has 0 spiro atoms. The molecule has 1 aromatic carbocycles. The fraction of sp³-hybridized carbons (Fsp3) is 0.647. The quantitative estimate of drug-likeness (QED) is 0.873. The number of fused-ring (bicyclic) bond motifs is 1. The van der Waals surface area contributed by atoms with Crippen molar-refractivity contribution in [3.63, 3.8) is 0 Å². The molecule has 0 fully saturated rings. The van der Waals surface area contributed by atoms with E-state index in [2.05, 4.69) is 56.9 Å². The Hall–Kier alpha value is -0.860. The fourth-order valence-electron chi connectivity index (χ4n) is 3.26. The fourth-order valence-corrected chi connectivity index (χ4v) is 3.26. The van der Waals surface area contributed by atoms with Crippen LogP contribution in [0.25, 0.3) is 0 Å². The minimum atomic E-state index is 0.211. The van der Waals surface area contributed by atoms with E-state index in [9.17, 15) is 0 Å². The van der Waals surface area contributed by atoms with Crippen LogP contribution in [0.15, 0.2) is 24.3 Å². The summed E-state index contributed by atoms with van der Waals surface area (Å²) in [6.45, 7) is 11.5. The Morgan fingerprint density at radius 3 is 2.11 bits per heavy atom. The van der Waals surface area contributed by atoms with E-state index in [0.29, 0.717) is 17.9 Å². The van der Waals surface area contributed by atoms with Crippen molar-refractivity contribution in [2.24, 2.45) is 17.6 Å². The van der Waals surface area contributed by atoms with Gasteiger partial charge in [-0.3, -0.25) is 4.90 Å². The van der Waals surface area contributed by atoms with Crippen molar-refractivity contribution >= 4 is 0 Å². The number of rotatable bonds is 5. The van der Waals surface area contributed by atoms with Crippen molar-refractivity contribution in [1.29, 1.82) is 0 Å². The molecule has 0 saturated heterocycles. The molecule has 0 aromatic heterocycles. The van der Waals surface area contributed by atoms with E-state index >= 15 is 0 Å². The minimum Gasteiger partial charge on any atom is -0.324 e. The Balaban J connectivity index is 2.23. The van der Waals surface area contributed by atoms with Gasteiger partial charge in [0.2, 0.25) is 0 Å². The molecule has 1 aliphatic carbocycles. The van der Waals surface area contributed by atoms with Gasteiger partial charge in [-0.2, -0.15) is 0 Å². The Bertz CT molecular complexity index is 401. The van der Waals surface area contributed by atoms with E-state index in [1.165, 1.54) is 11.1 Å². The van der Waals surface area contributed by atoms with E-state index in [1.54, 1.807) is 0 Å². The minimum absolute atomic E-state index is 0.211. The highest BCUT2D eigenvalue weighted by Gasteiger charge is 2.32. The van der Waals surface area contributed by atoms with Crippen LogP contribution in [0.2, 0.25) is 0 Å². The van der Waals surface area contributed by atoms with Crippen LogP contribution in [0.5, 0.6) is 0 Å². The van der Waals surface area contributed by atoms with Crippen LogP contribution in [0.4, 0.5) is 0 Å². The molecule has 0 aliphatic heterocycles. The summed E-state index contributed by atoms with van der Waals surface area (Å²) in [5, 5.41) is 0. The summed E-state index contributed by atoms with van der Waals surface area (Å²) in [6, 6.07) is 9.44. The Kier molecular flexibility index (Phi) is 4.64. The monoisotopic (exact) mass is 260 g/mol. The SMILES string of the molecule is CC(C)CN(CC(C)C)C1CC(N)c2ccccc21. The summed E-state index contributed by atoms with van der Waals surface area (Å²) >= 11 is 0. The number of hydrogen-bond acceptors (Lipinski definition) is 2. The molecular formula is C17H28N2. The summed E-state index contributed by atoms with van der Waals surface area (Å²) in [4.78, 5) is 2.64. The van der Waals surface area contributed by atoms with Gasteiger partial charge in [-0.15, -0.1) is 0 Å². The molecule has 2 nitrogen and oxygen atoms in total. The molecule has 2 heteroatoms. The second kappa shape index (κ2) is 6.06.